The molecule has 0 saturated carbocycles. The highest BCUT2D eigenvalue weighted by Gasteiger charge is 2.49. The zero-order valence-corrected chi connectivity index (χ0v) is 12.6. The summed E-state index contributed by atoms with van der Waals surface area (Å²) in [5.74, 6) is -0.367. The van der Waals surface area contributed by atoms with Crippen LogP contribution in [0.15, 0.2) is 42.5 Å². The molecule has 2 aliphatic rings. The molecule has 2 atom stereocenters. The molecule has 1 aliphatic carbocycles. The predicted molar refractivity (Wildman–Crippen MR) is 83.4 cm³/mol. The molecule has 0 unspecified atom stereocenters. The maximum absolute atomic E-state index is 13.7. The van der Waals surface area contributed by atoms with Crippen LogP contribution in [0, 0.1) is 19.7 Å². The summed E-state index contributed by atoms with van der Waals surface area (Å²) in [5, 5.41) is 2.89. The number of carbonyl (C=O) groups is 1. The van der Waals surface area contributed by atoms with Gasteiger partial charge in [0.05, 0.1) is 11.5 Å². The lowest BCUT2D eigenvalue weighted by atomic mass is 9.80. The largest absolute Gasteiger partial charge is 0.342 e. The molecule has 1 aliphatic heterocycles. The summed E-state index contributed by atoms with van der Waals surface area (Å²) < 4.78 is 15.9. The van der Waals surface area contributed by atoms with Crippen molar-refractivity contribution < 1.29 is 9.18 Å². The van der Waals surface area contributed by atoms with Gasteiger partial charge in [0.1, 0.15) is 5.82 Å². The van der Waals surface area contributed by atoms with Gasteiger partial charge in [-0.1, -0.05) is 12.2 Å². The summed E-state index contributed by atoms with van der Waals surface area (Å²) in [6, 6.07) is 8.79. The Morgan fingerprint density at radius 3 is 2.68 bits per heavy atom. The van der Waals surface area contributed by atoms with E-state index in [-0.39, 0.29) is 17.8 Å². The van der Waals surface area contributed by atoms with Crippen molar-refractivity contribution in [3.8, 4) is 0 Å². The number of allylic oxidation sites excluding steroid dienone is 1. The molecule has 1 N–H and O–H groups in total. The minimum Gasteiger partial charge on any atom is -0.342 e. The summed E-state index contributed by atoms with van der Waals surface area (Å²) in [6.07, 6.45) is 4.64. The van der Waals surface area contributed by atoms with Crippen LogP contribution in [-0.2, 0) is 10.2 Å². The van der Waals surface area contributed by atoms with Crippen molar-refractivity contribution in [3.63, 3.8) is 0 Å². The molecule has 1 amide bonds. The van der Waals surface area contributed by atoms with Gasteiger partial charge in [-0.25, -0.2) is 4.39 Å². The van der Waals surface area contributed by atoms with Crippen molar-refractivity contribution >= 4 is 11.6 Å². The van der Waals surface area contributed by atoms with E-state index in [9.17, 15) is 9.18 Å². The molecular formula is C18H17FN2O. The molecule has 0 fully saturated rings. The third-order valence-corrected chi connectivity index (χ3v) is 4.91. The third kappa shape index (κ3) is 1.64. The van der Waals surface area contributed by atoms with Gasteiger partial charge < -0.3 is 9.88 Å². The van der Waals surface area contributed by atoms with E-state index in [0.29, 0.717) is 6.42 Å². The molecule has 0 saturated heterocycles. The summed E-state index contributed by atoms with van der Waals surface area (Å²) in [6.45, 7) is 4.13. The van der Waals surface area contributed by atoms with Crippen LogP contribution in [0.4, 0.5) is 10.1 Å². The highest BCUT2D eigenvalue weighted by atomic mass is 19.1. The van der Waals surface area contributed by atoms with Crippen LogP contribution in [0.3, 0.4) is 0 Å². The molecule has 2 heterocycles. The van der Waals surface area contributed by atoms with E-state index in [1.165, 1.54) is 23.5 Å². The second kappa shape index (κ2) is 4.32. The van der Waals surface area contributed by atoms with Gasteiger partial charge in [-0.3, -0.25) is 4.79 Å². The number of nitrogens with zero attached hydrogens (tertiary/aromatic N) is 1. The standard InChI is InChI=1S/C18H17FN2O/c1-11-3-4-12(2)21(11)14-7-8-18(10-14)15-9-13(19)5-6-16(15)20-17(18)22/h3-9,14H,10H2,1-2H3,(H,20,22)/t14-,18+/m1/s1. The quantitative estimate of drug-likeness (QED) is 0.801. The average Bonchev–Trinajstić information content (AvgIpc) is 3.12. The van der Waals surface area contributed by atoms with Gasteiger partial charge in [0.25, 0.3) is 0 Å². The molecule has 2 aromatic rings. The van der Waals surface area contributed by atoms with Crippen molar-refractivity contribution in [1.29, 1.82) is 0 Å². The number of aromatic nitrogens is 1. The maximum atomic E-state index is 13.7. The molecule has 4 rings (SSSR count). The van der Waals surface area contributed by atoms with E-state index in [0.717, 1.165) is 11.3 Å². The van der Waals surface area contributed by atoms with Crippen molar-refractivity contribution in [2.45, 2.75) is 31.7 Å². The van der Waals surface area contributed by atoms with E-state index in [1.54, 1.807) is 6.07 Å². The number of hydrogen-bond acceptors (Lipinski definition) is 1. The molecule has 112 valence electrons. The number of fused-ring (bicyclic) bond motifs is 2. The minimum absolute atomic E-state index is 0.0608. The monoisotopic (exact) mass is 296 g/mol. The Morgan fingerprint density at radius 2 is 1.95 bits per heavy atom. The number of rotatable bonds is 1. The smallest absolute Gasteiger partial charge is 0.239 e. The van der Waals surface area contributed by atoms with E-state index in [1.807, 2.05) is 6.08 Å². The van der Waals surface area contributed by atoms with Crippen molar-refractivity contribution in [1.82, 2.24) is 4.57 Å². The zero-order valence-electron chi connectivity index (χ0n) is 12.6. The SMILES string of the molecule is Cc1ccc(C)n1[C@@H]1C=C[C@@]2(C1)C(=O)Nc1ccc(F)cc12. The van der Waals surface area contributed by atoms with Crippen molar-refractivity contribution in [2.75, 3.05) is 5.32 Å². The Hall–Kier alpha value is -2.36. The lowest BCUT2D eigenvalue weighted by Crippen LogP contribution is -2.31. The van der Waals surface area contributed by atoms with Crippen LogP contribution in [0.25, 0.3) is 0 Å². The van der Waals surface area contributed by atoms with E-state index in [4.69, 9.17) is 0 Å². The number of hydrogen-bond donors (Lipinski definition) is 1. The third-order valence-electron chi connectivity index (χ3n) is 4.91. The first-order chi connectivity index (χ1) is 10.5. The molecule has 0 radical (unpaired) electrons. The second-order valence-corrected chi connectivity index (χ2v) is 6.23. The first-order valence-corrected chi connectivity index (χ1v) is 7.46. The molecular weight excluding hydrogens is 279 g/mol. The fourth-order valence-electron chi connectivity index (χ4n) is 3.84. The van der Waals surface area contributed by atoms with Crippen molar-refractivity contribution in [3.05, 3.63) is 65.3 Å². The fraction of sp³-hybridized carbons (Fsp3) is 0.278. The summed E-state index contributed by atoms with van der Waals surface area (Å²) in [4.78, 5) is 12.6. The Kier molecular flexibility index (Phi) is 2.61. The topological polar surface area (TPSA) is 34.0 Å². The number of benzene rings is 1. The van der Waals surface area contributed by atoms with Crippen LogP contribution in [0.2, 0.25) is 0 Å². The molecule has 1 aromatic carbocycles. The summed E-state index contributed by atoms with van der Waals surface area (Å²) >= 11 is 0. The van der Waals surface area contributed by atoms with Gasteiger partial charge in [-0.05, 0) is 56.2 Å². The first-order valence-electron chi connectivity index (χ1n) is 7.46. The highest BCUT2D eigenvalue weighted by Crippen LogP contribution is 2.48. The number of amides is 1. The van der Waals surface area contributed by atoms with Crippen LogP contribution in [0.1, 0.15) is 29.4 Å². The van der Waals surface area contributed by atoms with E-state index < -0.39 is 5.41 Å². The normalized spacial score (nSPS) is 25.8. The molecule has 0 bridgehead atoms. The van der Waals surface area contributed by atoms with Gasteiger partial charge in [0.2, 0.25) is 5.91 Å². The number of nitrogens with one attached hydrogen (secondary N) is 1. The summed E-state index contributed by atoms with van der Waals surface area (Å²) in [7, 11) is 0. The summed E-state index contributed by atoms with van der Waals surface area (Å²) in [5.41, 5.74) is 3.06. The Balaban J connectivity index is 1.79. The van der Waals surface area contributed by atoms with Gasteiger partial charge in [-0.15, -0.1) is 0 Å². The van der Waals surface area contributed by atoms with Gasteiger partial charge in [-0.2, -0.15) is 0 Å². The second-order valence-electron chi connectivity index (χ2n) is 6.23. The van der Waals surface area contributed by atoms with Crippen LogP contribution < -0.4 is 5.32 Å². The Bertz CT molecular complexity index is 801. The van der Waals surface area contributed by atoms with E-state index >= 15 is 0 Å². The number of halogens is 1. The van der Waals surface area contributed by atoms with Gasteiger partial charge in [0, 0.05) is 17.1 Å². The Labute approximate surface area is 128 Å². The number of anilines is 1. The Morgan fingerprint density at radius 1 is 1.23 bits per heavy atom. The first kappa shape index (κ1) is 13.3. The molecule has 4 heteroatoms. The van der Waals surface area contributed by atoms with Crippen LogP contribution >= 0.6 is 0 Å². The maximum Gasteiger partial charge on any atom is 0.239 e. The van der Waals surface area contributed by atoms with Gasteiger partial charge >= 0.3 is 0 Å². The lowest BCUT2D eigenvalue weighted by molar-refractivity contribution is -0.119. The minimum atomic E-state index is -0.745. The highest BCUT2D eigenvalue weighted by molar-refractivity contribution is 6.08. The molecule has 1 spiro atoms. The molecule has 1 aromatic heterocycles. The zero-order chi connectivity index (χ0) is 15.5. The fourth-order valence-corrected chi connectivity index (χ4v) is 3.84. The van der Waals surface area contributed by atoms with Gasteiger partial charge in [0.15, 0.2) is 0 Å². The van der Waals surface area contributed by atoms with Crippen LogP contribution in [0.5, 0.6) is 0 Å². The average molecular weight is 296 g/mol. The van der Waals surface area contributed by atoms with E-state index in [2.05, 4.69) is 41.9 Å². The lowest BCUT2D eigenvalue weighted by Gasteiger charge is -2.23. The number of aryl methyl sites for hydroxylation is 2. The number of carbonyl (C=O) groups excluding carboxylic acids is 1. The molecule has 3 nitrogen and oxygen atoms in total. The van der Waals surface area contributed by atoms with Crippen molar-refractivity contribution in [2.24, 2.45) is 0 Å². The molecule has 22 heavy (non-hydrogen) atoms. The van der Waals surface area contributed by atoms with Crippen LogP contribution in [-0.4, -0.2) is 10.5 Å². The predicted octanol–water partition coefficient (Wildman–Crippen LogP) is 3.64.